The summed E-state index contributed by atoms with van der Waals surface area (Å²) in [4.78, 5) is 11.9. The third-order valence-corrected chi connectivity index (χ3v) is 3.22. The van der Waals surface area contributed by atoms with Gasteiger partial charge in [0.25, 0.3) is 0 Å². The summed E-state index contributed by atoms with van der Waals surface area (Å²) in [6, 6.07) is 15.5. The highest BCUT2D eigenvalue weighted by molar-refractivity contribution is 7.92. The first-order valence-electron chi connectivity index (χ1n) is 6.23. The van der Waals surface area contributed by atoms with Crippen LogP contribution < -0.4 is 4.72 Å². The van der Waals surface area contributed by atoms with E-state index in [9.17, 15) is 13.2 Å². The quantitative estimate of drug-likeness (QED) is 0.861. The molecule has 0 aromatic heterocycles. The largest absolute Gasteiger partial charge is 0.457 e. The van der Waals surface area contributed by atoms with Crippen LogP contribution in [-0.2, 0) is 21.4 Å². The molecule has 0 amide bonds. The molecule has 5 nitrogen and oxygen atoms in total. The van der Waals surface area contributed by atoms with Gasteiger partial charge in [0.05, 0.1) is 11.8 Å². The van der Waals surface area contributed by atoms with Crippen LogP contribution in [-0.4, -0.2) is 20.6 Å². The van der Waals surface area contributed by atoms with E-state index in [1.807, 2.05) is 30.3 Å². The number of rotatable bonds is 5. The van der Waals surface area contributed by atoms with Gasteiger partial charge in [-0.1, -0.05) is 36.4 Å². The minimum absolute atomic E-state index is 0.170. The minimum atomic E-state index is -3.38. The summed E-state index contributed by atoms with van der Waals surface area (Å²) < 4.78 is 29.8. The average molecular weight is 305 g/mol. The lowest BCUT2D eigenvalue weighted by molar-refractivity contribution is 0.0473. The molecule has 2 aromatic carbocycles. The summed E-state index contributed by atoms with van der Waals surface area (Å²) >= 11 is 0. The summed E-state index contributed by atoms with van der Waals surface area (Å²) in [5.74, 6) is -0.504. The maximum Gasteiger partial charge on any atom is 0.338 e. The average Bonchev–Trinajstić information content (AvgIpc) is 2.44. The fraction of sp³-hybridized carbons (Fsp3) is 0.133. The minimum Gasteiger partial charge on any atom is -0.457 e. The number of anilines is 1. The molecule has 1 N–H and O–H groups in total. The van der Waals surface area contributed by atoms with Crippen molar-refractivity contribution in [3.63, 3.8) is 0 Å². The van der Waals surface area contributed by atoms with Gasteiger partial charge in [-0.25, -0.2) is 13.2 Å². The second-order valence-electron chi connectivity index (χ2n) is 4.52. The molecule has 0 aliphatic rings. The number of hydrogen-bond donors (Lipinski definition) is 1. The monoisotopic (exact) mass is 305 g/mol. The Bertz CT molecular complexity index is 726. The standard InChI is InChI=1S/C15H15NO4S/c1-21(18,19)16-14-9-5-8-13(10-14)15(17)20-11-12-6-3-2-4-7-12/h2-10,16H,11H2,1H3. The Balaban J connectivity index is 2.04. The molecule has 0 aliphatic carbocycles. The predicted octanol–water partition coefficient (Wildman–Crippen LogP) is 2.42. The van der Waals surface area contributed by atoms with Gasteiger partial charge in [-0.2, -0.15) is 0 Å². The zero-order valence-corrected chi connectivity index (χ0v) is 12.3. The summed E-state index contributed by atoms with van der Waals surface area (Å²) in [7, 11) is -3.38. The molecule has 0 fully saturated rings. The van der Waals surface area contributed by atoms with Gasteiger partial charge >= 0.3 is 5.97 Å². The van der Waals surface area contributed by atoms with Crippen molar-refractivity contribution < 1.29 is 17.9 Å². The highest BCUT2D eigenvalue weighted by Crippen LogP contribution is 2.13. The van der Waals surface area contributed by atoms with Gasteiger partial charge in [-0.3, -0.25) is 4.72 Å². The van der Waals surface area contributed by atoms with E-state index in [1.54, 1.807) is 18.2 Å². The van der Waals surface area contributed by atoms with Crippen molar-refractivity contribution in [3.05, 3.63) is 65.7 Å². The smallest absolute Gasteiger partial charge is 0.338 e. The Hall–Kier alpha value is -2.34. The number of esters is 1. The molecular formula is C15H15NO4S. The van der Waals surface area contributed by atoms with Crippen LogP contribution in [0.25, 0.3) is 0 Å². The molecule has 2 rings (SSSR count). The van der Waals surface area contributed by atoms with E-state index < -0.39 is 16.0 Å². The first-order valence-corrected chi connectivity index (χ1v) is 8.12. The molecule has 0 bridgehead atoms. The highest BCUT2D eigenvalue weighted by atomic mass is 32.2. The van der Waals surface area contributed by atoms with Crippen LogP contribution in [0.1, 0.15) is 15.9 Å². The van der Waals surface area contributed by atoms with Crippen molar-refractivity contribution in [3.8, 4) is 0 Å². The Morgan fingerprint density at radius 1 is 1.10 bits per heavy atom. The van der Waals surface area contributed by atoms with Crippen LogP contribution in [0.4, 0.5) is 5.69 Å². The third-order valence-electron chi connectivity index (χ3n) is 2.61. The summed E-state index contributed by atoms with van der Waals surface area (Å²) in [6.07, 6.45) is 1.05. The first kappa shape index (κ1) is 15.1. The second-order valence-corrected chi connectivity index (χ2v) is 6.27. The van der Waals surface area contributed by atoms with Crippen molar-refractivity contribution >= 4 is 21.7 Å². The summed E-state index contributed by atoms with van der Waals surface area (Å²) in [6.45, 7) is 0.170. The zero-order valence-electron chi connectivity index (χ0n) is 11.4. The number of nitrogens with one attached hydrogen (secondary N) is 1. The van der Waals surface area contributed by atoms with Crippen LogP contribution in [0.5, 0.6) is 0 Å². The van der Waals surface area contributed by atoms with Gasteiger partial charge in [0, 0.05) is 5.69 Å². The van der Waals surface area contributed by atoms with E-state index in [4.69, 9.17) is 4.74 Å². The zero-order chi connectivity index (χ0) is 15.3. The van der Waals surface area contributed by atoms with Crippen molar-refractivity contribution in [2.45, 2.75) is 6.61 Å². The SMILES string of the molecule is CS(=O)(=O)Nc1cccc(C(=O)OCc2ccccc2)c1. The molecule has 110 valence electrons. The lowest BCUT2D eigenvalue weighted by atomic mass is 10.2. The number of carbonyl (C=O) groups excluding carboxylic acids is 1. The van der Waals surface area contributed by atoms with E-state index in [2.05, 4.69) is 4.72 Å². The number of sulfonamides is 1. The van der Waals surface area contributed by atoms with Gasteiger partial charge in [0.1, 0.15) is 6.61 Å². The van der Waals surface area contributed by atoms with Crippen LogP contribution in [0, 0.1) is 0 Å². The number of carbonyl (C=O) groups is 1. The number of ether oxygens (including phenoxy) is 1. The normalized spacial score (nSPS) is 10.9. The number of hydrogen-bond acceptors (Lipinski definition) is 4. The predicted molar refractivity (Wildman–Crippen MR) is 80.5 cm³/mol. The van der Waals surface area contributed by atoms with Gasteiger partial charge < -0.3 is 4.74 Å². The third kappa shape index (κ3) is 4.92. The van der Waals surface area contributed by atoms with Crippen LogP contribution in [0.15, 0.2) is 54.6 Å². The van der Waals surface area contributed by atoms with E-state index >= 15 is 0 Å². The molecule has 0 atom stereocenters. The maximum atomic E-state index is 11.9. The fourth-order valence-corrected chi connectivity index (χ4v) is 2.29. The highest BCUT2D eigenvalue weighted by Gasteiger charge is 2.09. The molecule has 0 heterocycles. The molecule has 21 heavy (non-hydrogen) atoms. The van der Waals surface area contributed by atoms with E-state index in [1.165, 1.54) is 6.07 Å². The fourth-order valence-electron chi connectivity index (χ4n) is 1.73. The molecule has 6 heteroatoms. The molecule has 0 saturated heterocycles. The van der Waals surface area contributed by atoms with Crippen LogP contribution in [0.3, 0.4) is 0 Å². The number of benzene rings is 2. The van der Waals surface area contributed by atoms with Crippen molar-refractivity contribution in [2.24, 2.45) is 0 Å². The van der Waals surface area contributed by atoms with Gasteiger partial charge in [0.2, 0.25) is 10.0 Å². The van der Waals surface area contributed by atoms with Gasteiger partial charge in [-0.15, -0.1) is 0 Å². The van der Waals surface area contributed by atoms with E-state index in [0.29, 0.717) is 11.3 Å². The second kappa shape index (κ2) is 6.41. The molecule has 2 aromatic rings. The maximum absolute atomic E-state index is 11.9. The Labute approximate surface area is 123 Å². The summed E-state index contributed by atoms with van der Waals surface area (Å²) in [5.41, 5.74) is 1.50. The molecule has 0 saturated carbocycles. The van der Waals surface area contributed by atoms with Gasteiger partial charge in [-0.05, 0) is 23.8 Å². The van der Waals surface area contributed by atoms with Gasteiger partial charge in [0.15, 0.2) is 0 Å². The van der Waals surface area contributed by atoms with Crippen LogP contribution in [0.2, 0.25) is 0 Å². The Kier molecular flexibility index (Phi) is 4.59. The van der Waals surface area contributed by atoms with Crippen molar-refractivity contribution in [2.75, 3.05) is 11.0 Å². The van der Waals surface area contributed by atoms with E-state index in [0.717, 1.165) is 11.8 Å². The van der Waals surface area contributed by atoms with Crippen molar-refractivity contribution in [1.82, 2.24) is 0 Å². The first-order chi connectivity index (χ1) is 9.94. The molecule has 0 unspecified atom stereocenters. The van der Waals surface area contributed by atoms with E-state index in [-0.39, 0.29) is 6.61 Å². The topological polar surface area (TPSA) is 72.5 Å². The molecule has 0 radical (unpaired) electrons. The molecule has 0 spiro atoms. The lowest BCUT2D eigenvalue weighted by Gasteiger charge is -2.07. The van der Waals surface area contributed by atoms with Crippen molar-refractivity contribution in [1.29, 1.82) is 0 Å². The molecule has 0 aliphatic heterocycles. The Morgan fingerprint density at radius 3 is 2.48 bits per heavy atom. The molecular weight excluding hydrogens is 290 g/mol. The Morgan fingerprint density at radius 2 is 1.81 bits per heavy atom. The van der Waals surface area contributed by atoms with Crippen LogP contribution >= 0.6 is 0 Å². The summed E-state index contributed by atoms with van der Waals surface area (Å²) in [5, 5.41) is 0. The lowest BCUT2D eigenvalue weighted by Crippen LogP contribution is -2.11.